The lowest BCUT2D eigenvalue weighted by atomic mass is 9.84. The molecule has 1 aromatic heterocycles. The summed E-state index contributed by atoms with van der Waals surface area (Å²) in [6.07, 6.45) is -1.18. The molecule has 3 aromatic rings. The van der Waals surface area contributed by atoms with Crippen molar-refractivity contribution in [3.8, 4) is 11.5 Å². The van der Waals surface area contributed by atoms with Gasteiger partial charge in [-0.15, -0.1) is 0 Å². The highest BCUT2D eigenvalue weighted by Crippen LogP contribution is 2.45. The molecule has 0 atom stereocenters. The van der Waals surface area contributed by atoms with E-state index in [1.165, 1.54) is 31.4 Å². The molecule has 0 unspecified atom stereocenters. The fraction of sp³-hybridized carbons (Fsp3) is 0.364. The van der Waals surface area contributed by atoms with Gasteiger partial charge in [0.25, 0.3) is 0 Å². The smallest absolute Gasteiger partial charge is 0.353 e. The molecule has 200 valence electrons. The molecule has 0 saturated carbocycles. The van der Waals surface area contributed by atoms with Crippen molar-refractivity contribution in [1.82, 2.24) is 14.9 Å². The lowest BCUT2D eigenvalue weighted by Crippen LogP contribution is -2.74. The Labute approximate surface area is 217 Å². The summed E-state index contributed by atoms with van der Waals surface area (Å²) in [5, 5.41) is 75.9. The second-order valence-corrected chi connectivity index (χ2v) is 9.61. The third-order valence-electron chi connectivity index (χ3n) is 6.10. The lowest BCUT2D eigenvalue weighted by molar-refractivity contribution is -0.470. The number of aromatic nitrogens is 2. The summed E-state index contributed by atoms with van der Waals surface area (Å²) in [5.41, 5.74) is -2.71. The summed E-state index contributed by atoms with van der Waals surface area (Å²) in [7, 11) is 2.17. The molecule has 15 heteroatoms. The number of nitrogens with zero attached hydrogens (tertiary/aromatic N) is 3. The van der Waals surface area contributed by atoms with Gasteiger partial charge in [0.05, 0.1) is 31.2 Å². The quantitative estimate of drug-likeness (QED) is 0.180. The van der Waals surface area contributed by atoms with Crippen LogP contribution in [0.5, 0.6) is 11.5 Å². The number of halogens is 2. The normalized spacial score (nSPS) is 19.0. The van der Waals surface area contributed by atoms with Gasteiger partial charge in [-0.25, -0.2) is 19.3 Å². The van der Waals surface area contributed by atoms with Crippen molar-refractivity contribution in [3.05, 3.63) is 46.9 Å². The minimum Gasteiger partial charge on any atom is -0.493 e. The van der Waals surface area contributed by atoms with Crippen molar-refractivity contribution < 1.29 is 49.6 Å². The van der Waals surface area contributed by atoms with E-state index >= 15 is 0 Å². The second kappa shape index (κ2) is 9.23. The van der Waals surface area contributed by atoms with E-state index in [1.54, 1.807) is 6.07 Å². The van der Waals surface area contributed by atoms with Crippen LogP contribution in [-0.4, -0.2) is 88.2 Å². The van der Waals surface area contributed by atoms with E-state index < -0.39 is 42.1 Å². The van der Waals surface area contributed by atoms with Crippen LogP contribution in [-0.2, 0) is 0 Å². The predicted octanol–water partition coefficient (Wildman–Crippen LogP) is 0.0343. The van der Waals surface area contributed by atoms with Gasteiger partial charge in [0.2, 0.25) is 11.8 Å². The standard InChI is InChI=1S/C22H24BrFN4O9/c1-28-20(30,31)8-19(29,9-21(28,32)33)22(34,35)37-17-7-15-12(6-16(17)36-2)18(26-10-25-15)27-14-4-3-11(23)5-13(14)24/h3-7,10,29-35H,8-9H2,1-2H3,(H,25,26,27). The number of anilines is 2. The Balaban J connectivity index is 1.71. The zero-order valence-electron chi connectivity index (χ0n) is 19.4. The number of likely N-dealkylation sites (tertiary alicyclic amines) is 1. The van der Waals surface area contributed by atoms with Gasteiger partial charge in [-0.05, 0) is 31.3 Å². The minimum absolute atomic E-state index is 0.107. The van der Waals surface area contributed by atoms with Crippen LogP contribution in [0, 0.1) is 5.82 Å². The van der Waals surface area contributed by atoms with E-state index in [0.29, 0.717) is 14.8 Å². The Kier molecular flexibility index (Phi) is 6.81. The molecule has 0 spiro atoms. The van der Waals surface area contributed by atoms with Gasteiger partial charge in [-0.1, -0.05) is 15.9 Å². The summed E-state index contributed by atoms with van der Waals surface area (Å²) < 4.78 is 25.4. The SMILES string of the molecule is COc1cc2c(Nc3ccc(Br)cc3F)ncnc2cc1OC(O)(O)C1(O)CC(O)(O)N(C)C(O)(O)C1. The van der Waals surface area contributed by atoms with Crippen LogP contribution in [0.1, 0.15) is 12.8 Å². The number of hydrogen-bond donors (Lipinski definition) is 8. The number of nitrogens with one attached hydrogen (secondary N) is 1. The highest BCUT2D eigenvalue weighted by atomic mass is 79.9. The average Bonchev–Trinajstić information content (AvgIpc) is 2.78. The van der Waals surface area contributed by atoms with Gasteiger partial charge in [0, 0.05) is 15.9 Å². The summed E-state index contributed by atoms with van der Waals surface area (Å²) >= 11 is 3.18. The van der Waals surface area contributed by atoms with E-state index in [4.69, 9.17) is 9.47 Å². The molecular weight excluding hydrogens is 563 g/mol. The van der Waals surface area contributed by atoms with Crippen LogP contribution in [0.2, 0.25) is 0 Å². The number of rotatable bonds is 6. The van der Waals surface area contributed by atoms with Crippen molar-refractivity contribution in [2.75, 3.05) is 19.5 Å². The minimum atomic E-state index is -3.59. The first-order valence-corrected chi connectivity index (χ1v) is 11.4. The topological polar surface area (TPSA) is 201 Å². The molecule has 37 heavy (non-hydrogen) atoms. The van der Waals surface area contributed by atoms with Gasteiger partial charge in [0.15, 0.2) is 17.1 Å². The number of methoxy groups -OCH3 is 1. The van der Waals surface area contributed by atoms with Gasteiger partial charge in [0.1, 0.15) is 18.0 Å². The number of benzene rings is 2. The first kappa shape index (κ1) is 27.3. The average molecular weight is 587 g/mol. The molecule has 0 radical (unpaired) electrons. The Bertz CT molecular complexity index is 1320. The highest BCUT2D eigenvalue weighted by molar-refractivity contribution is 9.10. The number of hydrogen-bond acceptors (Lipinski definition) is 13. The summed E-state index contributed by atoms with van der Waals surface area (Å²) in [6.45, 7) is 0. The van der Waals surface area contributed by atoms with Gasteiger partial charge >= 0.3 is 5.97 Å². The molecule has 1 aliphatic rings. The Morgan fingerprint density at radius 3 is 2.27 bits per heavy atom. The Morgan fingerprint density at radius 2 is 1.68 bits per heavy atom. The van der Waals surface area contributed by atoms with Crippen molar-refractivity contribution in [2.45, 2.75) is 36.2 Å². The van der Waals surface area contributed by atoms with E-state index in [-0.39, 0.29) is 28.5 Å². The number of piperidine rings is 1. The molecule has 2 aromatic carbocycles. The summed E-state index contributed by atoms with van der Waals surface area (Å²) in [4.78, 5) is 8.53. The summed E-state index contributed by atoms with van der Waals surface area (Å²) in [5.74, 6) is -10.5. The largest absolute Gasteiger partial charge is 0.493 e. The van der Waals surface area contributed by atoms with Crippen LogP contribution >= 0.6 is 15.9 Å². The van der Waals surface area contributed by atoms with Crippen LogP contribution in [0.4, 0.5) is 15.9 Å². The predicted molar refractivity (Wildman–Crippen MR) is 128 cm³/mol. The molecule has 1 aliphatic heterocycles. The van der Waals surface area contributed by atoms with E-state index in [0.717, 1.165) is 13.4 Å². The van der Waals surface area contributed by atoms with E-state index in [9.17, 15) is 40.1 Å². The second-order valence-electron chi connectivity index (χ2n) is 8.69. The number of ether oxygens (including phenoxy) is 2. The maximum atomic E-state index is 14.3. The van der Waals surface area contributed by atoms with Gasteiger partial charge in [-0.3, -0.25) is 0 Å². The van der Waals surface area contributed by atoms with Crippen LogP contribution in [0.25, 0.3) is 10.9 Å². The molecule has 8 N–H and O–H groups in total. The fourth-order valence-corrected chi connectivity index (χ4v) is 4.30. The molecule has 1 saturated heterocycles. The molecule has 2 heterocycles. The zero-order chi connectivity index (χ0) is 27.4. The van der Waals surface area contributed by atoms with Crippen molar-refractivity contribution in [3.63, 3.8) is 0 Å². The Hall–Kier alpha value is -2.73. The third-order valence-corrected chi connectivity index (χ3v) is 6.59. The maximum Gasteiger partial charge on any atom is 0.353 e. The fourth-order valence-electron chi connectivity index (χ4n) is 3.97. The van der Waals surface area contributed by atoms with Crippen LogP contribution in [0.3, 0.4) is 0 Å². The molecule has 13 nitrogen and oxygen atoms in total. The molecule has 0 aliphatic carbocycles. The number of aliphatic hydroxyl groups is 7. The molecule has 1 fully saturated rings. The zero-order valence-corrected chi connectivity index (χ0v) is 21.0. The third kappa shape index (κ3) is 5.05. The first-order valence-electron chi connectivity index (χ1n) is 10.6. The van der Waals surface area contributed by atoms with Gasteiger partial charge < -0.3 is 50.5 Å². The maximum absolute atomic E-state index is 14.3. The molecular formula is C22H24BrFN4O9. The van der Waals surface area contributed by atoms with Crippen LogP contribution < -0.4 is 14.8 Å². The van der Waals surface area contributed by atoms with Crippen LogP contribution in [0.15, 0.2) is 41.1 Å². The van der Waals surface area contributed by atoms with Gasteiger partial charge in [-0.2, -0.15) is 0 Å². The number of fused-ring (bicyclic) bond motifs is 1. The monoisotopic (exact) mass is 586 g/mol. The lowest BCUT2D eigenvalue weighted by Gasteiger charge is -2.53. The van der Waals surface area contributed by atoms with E-state index in [1.807, 2.05) is 0 Å². The van der Waals surface area contributed by atoms with E-state index in [2.05, 4.69) is 31.2 Å². The Morgan fingerprint density at radius 1 is 1.03 bits per heavy atom. The van der Waals surface area contributed by atoms with Crippen molar-refractivity contribution in [1.29, 1.82) is 0 Å². The highest BCUT2D eigenvalue weighted by Gasteiger charge is 2.65. The molecule has 0 bridgehead atoms. The first-order chi connectivity index (χ1) is 17.1. The summed E-state index contributed by atoms with van der Waals surface area (Å²) in [6, 6.07) is 6.92. The van der Waals surface area contributed by atoms with Crippen molar-refractivity contribution in [2.24, 2.45) is 0 Å². The van der Waals surface area contributed by atoms with Crippen molar-refractivity contribution >= 4 is 38.3 Å². The molecule has 0 amide bonds. The molecule has 4 rings (SSSR count).